The molecule has 0 saturated heterocycles. The van der Waals surface area contributed by atoms with Crippen LogP contribution < -0.4 is 0 Å². The lowest BCUT2D eigenvalue weighted by molar-refractivity contribution is -0.870. The smallest absolute Gasteiger partial charge is 0.462 e. The monoisotopic (exact) mass is 1160 g/mol. The lowest BCUT2D eigenvalue weighted by Gasteiger charge is -2.24. The van der Waals surface area contributed by atoms with Crippen molar-refractivity contribution in [2.24, 2.45) is 0 Å². The van der Waals surface area contributed by atoms with Crippen molar-refractivity contribution < 1.29 is 42.1 Å². The Morgan fingerprint density at radius 3 is 0.988 bits per heavy atom. The number of phosphoric acid groups is 1. The van der Waals surface area contributed by atoms with E-state index in [4.69, 9.17) is 18.5 Å². The highest BCUT2D eigenvalue weighted by molar-refractivity contribution is 7.47. The second-order valence-electron chi connectivity index (χ2n) is 25.3. The molecular formula is C71H137NO8P+. The van der Waals surface area contributed by atoms with Crippen molar-refractivity contribution in [2.45, 2.75) is 360 Å². The minimum absolute atomic E-state index is 0.0345. The number of likely N-dealkylation sites (N-methyl/N-ethyl adjacent to an activating group) is 1. The Kier molecular flexibility index (Phi) is 61.4. The van der Waals surface area contributed by atoms with Crippen molar-refractivity contribution in [2.75, 3.05) is 47.5 Å². The molecule has 0 aromatic heterocycles. The maximum Gasteiger partial charge on any atom is 0.472 e. The van der Waals surface area contributed by atoms with Gasteiger partial charge in [-0.1, -0.05) is 326 Å². The fraction of sp³-hybridized carbons (Fsp3) is 0.887. The zero-order chi connectivity index (χ0) is 59.1. The third kappa shape index (κ3) is 67.2. The van der Waals surface area contributed by atoms with Gasteiger partial charge >= 0.3 is 19.8 Å². The molecule has 0 bridgehead atoms. The van der Waals surface area contributed by atoms with Crippen molar-refractivity contribution in [1.82, 2.24) is 0 Å². The maximum absolute atomic E-state index is 12.9. The summed E-state index contributed by atoms with van der Waals surface area (Å²) >= 11 is 0. The van der Waals surface area contributed by atoms with Gasteiger partial charge < -0.3 is 18.9 Å². The molecule has 2 atom stereocenters. The first-order valence-electron chi connectivity index (χ1n) is 35.2. The molecule has 0 saturated carbocycles. The minimum atomic E-state index is -4.39. The van der Waals surface area contributed by atoms with Crippen LogP contribution in [0.4, 0.5) is 0 Å². The van der Waals surface area contributed by atoms with E-state index in [2.05, 4.69) is 50.3 Å². The van der Waals surface area contributed by atoms with Crippen molar-refractivity contribution >= 4 is 19.8 Å². The van der Waals surface area contributed by atoms with Crippen LogP contribution in [-0.2, 0) is 32.7 Å². The van der Waals surface area contributed by atoms with Gasteiger partial charge in [-0.25, -0.2) is 4.57 Å². The van der Waals surface area contributed by atoms with Crippen LogP contribution in [0, 0.1) is 0 Å². The molecule has 2 unspecified atom stereocenters. The highest BCUT2D eigenvalue weighted by atomic mass is 31.2. The molecule has 81 heavy (non-hydrogen) atoms. The van der Waals surface area contributed by atoms with Crippen molar-refractivity contribution in [3.05, 3.63) is 36.5 Å². The van der Waals surface area contributed by atoms with E-state index in [1.54, 1.807) is 0 Å². The molecule has 1 N–H and O–H groups in total. The number of quaternary nitrogens is 1. The molecule has 0 fully saturated rings. The molecule has 0 aliphatic rings. The number of nitrogens with zero attached hydrogens (tertiary/aromatic N) is 1. The fourth-order valence-electron chi connectivity index (χ4n) is 10.5. The minimum Gasteiger partial charge on any atom is -0.462 e. The van der Waals surface area contributed by atoms with E-state index in [9.17, 15) is 19.0 Å². The highest BCUT2D eigenvalue weighted by Gasteiger charge is 2.27. The van der Waals surface area contributed by atoms with Crippen molar-refractivity contribution in [3.63, 3.8) is 0 Å². The number of hydrogen-bond donors (Lipinski definition) is 1. The van der Waals surface area contributed by atoms with Gasteiger partial charge in [-0.2, -0.15) is 0 Å². The van der Waals surface area contributed by atoms with Gasteiger partial charge in [0.05, 0.1) is 27.7 Å². The third-order valence-corrected chi connectivity index (χ3v) is 16.9. The first-order chi connectivity index (χ1) is 39.5. The normalized spacial score (nSPS) is 13.3. The first-order valence-corrected chi connectivity index (χ1v) is 36.7. The Bertz CT molecular complexity index is 1460. The van der Waals surface area contributed by atoms with Crippen LogP contribution in [0.2, 0.25) is 0 Å². The lowest BCUT2D eigenvalue weighted by atomic mass is 10.0. The van der Waals surface area contributed by atoms with Crippen LogP contribution in [0.25, 0.3) is 0 Å². The van der Waals surface area contributed by atoms with Crippen LogP contribution in [0.5, 0.6) is 0 Å². The van der Waals surface area contributed by atoms with E-state index in [0.29, 0.717) is 23.9 Å². The molecule has 10 heteroatoms. The fourth-order valence-corrected chi connectivity index (χ4v) is 11.2. The number of esters is 2. The van der Waals surface area contributed by atoms with Gasteiger partial charge in [-0.05, 0) is 51.4 Å². The van der Waals surface area contributed by atoms with Gasteiger partial charge in [-0.15, -0.1) is 0 Å². The zero-order valence-corrected chi connectivity index (χ0v) is 55.4. The second-order valence-corrected chi connectivity index (χ2v) is 26.7. The van der Waals surface area contributed by atoms with Crippen LogP contribution in [0.3, 0.4) is 0 Å². The van der Waals surface area contributed by atoms with Gasteiger partial charge in [0.1, 0.15) is 19.8 Å². The van der Waals surface area contributed by atoms with E-state index in [-0.39, 0.29) is 25.6 Å². The summed E-state index contributed by atoms with van der Waals surface area (Å²) < 4.78 is 34.7. The average molecular weight is 1160 g/mol. The molecule has 0 heterocycles. The maximum atomic E-state index is 12.9. The van der Waals surface area contributed by atoms with Crippen molar-refractivity contribution in [1.29, 1.82) is 0 Å². The SMILES string of the molecule is CCCCCCC/C=C\C/C=C\C/C=C\CCCCCCCCCCCCCCCCCCC(=O)OC(COC(=O)CCCCCCCCCCCCCCCCCCCCCCCCCCCC)COP(=O)(O)OCC[N+](C)(C)C. The summed E-state index contributed by atoms with van der Waals surface area (Å²) in [6.45, 7) is 4.49. The molecule has 0 spiro atoms. The summed E-state index contributed by atoms with van der Waals surface area (Å²) in [4.78, 5) is 35.9. The number of ether oxygens (including phenoxy) is 2. The summed E-state index contributed by atoms with van der Waals surface area (Å²) in [5.41, 5.74) is 0. The number of unbranched alkanes of at least 4 members (excludes halogenated alkanes) is 46. The van der Waals surface area contributed by atoms with Crippen LogP contribution in [-0.4, -0.2) is 74.9 Å². The summed E-state index contributed by atoms with van der Waals surface area (Å²) in [6, 6.07) is 0. The quantitative estimate of drug-likeness (QED) is 0.0211. The molecule has 0 aliphatic heterocycles. The molecule has 0 radical (unpaired) electrons. The topological polar surface area (TPSA) is 108 Å². The van der Waals surface area contributed by atoms with Crippen LogP contribution in [0.15, 0.2) is 36.5 Å². The van der Waals surface area contributed by atoms with Gasteiger partial charge in [0, 0.05) is 12.8 Å². The Morgan fingerprint density at radius 2 is 0.667 bits per heavy atom. The van der Waals surface area contributed by atoms with Gasteiger partial charge in [0.15, 0.2) is 6.10 Å². The van der Waals surface area contributed by atoms with Gasteiger partial charge in [0.25, 0.3) is 0 Å². The number of phosphoric ester groups is 1. The van der Waals surface area contributed by atoms with E-state index in [1.807, 2.05) is 21.1 Å². The molecule has 0 amide bonds. The number of rotatable bonds is 66. The van der Waals surface area contributed by atoms with E-state index in [0.717, 1.165) is 44.9 Å². The summed E-state index contributed by atoms with van der Waals surface area (Å²) in [5, 5.41) is 0. The number of allylic oxidation sites excluding steroid dienone is 6. The third-order valence-electron chi connectivity index (χ3n) is 15.9. The van der Waals surface area contributed by atoms with E-state index >= 15 is 0 Å². The largest absolute Gasteiger partial charge is 0.472 e. The molecular weight excluding hydrogens is 1030 g/mol. The predicted molar refractivity (Wildman–Crippen MR) is 349 cm³/mol. The highest BCUT2D eigenvalue weighted by Crippen LogP contribution is 2.43. The molecule has 478 valence electrons. The van der Waals surface area contributed by atoms with Gasteiger partial charge in [-0.3, -0.25) is 18.6 Å². The van der Waals surface area contributed by atoms with Gasteiger partial charge in [0.2, 0.25) is 0 Å². The number of carbonyl (C=O) groups is 2. The predicted octanol–water partition coefficient (Wildman–Crippen LogP) is 22.7. The standard InChI is InChI=1S/C71H136NO8P/c1-6-8-10-12-14-16-18-20-22-24-26-28-30-32-34-35-36-37-38-40-42-44-46-48-50-52-54-56-58-60-62-64-71(74)80-69(68-79-81(75,76)78-66-65-72(3,4)5)67-77-70(73)63-61-59-57-55-53-51-49-47-45-43-41-39-33-31-29-27-25-23-21-19-17-15-13-11-9-7-2/h18,20,24,26,30,32,69H,6-17,19,21-23,25,27-29,31,33-68H2,1-5H3/p+1/b20-18-,26-24-,32-30-. The Balaban J connectivity index is 4.01. The second kappa shape index (κ2) is 62.8. The molecule has 9 nitrogen and oxygen atoms in total. The average Bonchev–Trinajstić information content (AvgIpc) is 3.43. The number of hydrogen-bond acceptors (Lipinski definition) is 7. The first kappa shape index (κ1) is 79.2. The summed E-state index contributed by atoms with van der Waals surface area (Å²) in [5.74, 6) is -0.776. The van der Waals surface area contributed by atoms with Crippen LogP contribution in [0.1, 0.15) is 354 Å². The summed E-state index contributed by atoms with van der Waals surface area (Å²) in [6.07, 6.45) is 79.6. The summed E-state index contributed by atoms with van der Waals surface area (Å²) in [7, 11) is 1.50. The Hall–Kier alpha value is -1.77. The molecule has 0 rings (SSSR count). The lowest BCUT2D eigenvalue weighted by Crippen LogP contribution is -2.37. The number of carbonyl (C=O) groups excluding carboxylic acids is 2. The zero-order valence-electron chi connectivity index (χ0n) is 54.5. The Labute approximate surface area is 503 Å². The molecule has 0 aromatic carbocycles. The molecule has 0 aliphatic carbocycles. The van der Waals surface area contributed by atoms with E-state index in [1.165, 1.54) is 276 Å². The molecule has 0 aromatic rings. The van der Waals surface area contributed by atoms with Crippen LogP contribution >= 0.6 is 7.82 Å². The van der Waals surface area contributed by atoms with E-state index < -0.39 is 26.5 Å². The Morgan fingerprint density at radius 1 is 0.383 bits per heavy atom. The van der Waals surface area contributed by atoms with Crippen molar-refractivity contribution in [3.8, 4) is 0 Å².